The molecule has 11 nitrogen and oxygen atoms in total. The van der Waals surface area contributed by atoms with Crippen molar-refractivity contribution in [2.75, 3.05) is 6.61 Å². The predicted molar refractivity (Wildman–Crippen MR) is 151 cm³/mol. The Labute approximate surface area is 251 Å². The van der Waals surface area contributed by atoms with Gasteiger partial charge in [-0.05, 0) is 38.5 Å². The second kappa shape index (κ2) is 11.4. The summed E-state index contributed by atoms with van der Waals surface area (Å²) in [6.45, 7) is 10.0. The van der Waals surface area contributed by atoms with Gasteiger partial charge in [-0.1, -0.05) is 38.1 Å². The van der Waals surface area contributed by atoms with Crippen molar-refractivity contribution in [1.82, 2.24) is 0 Å². The molecule has 1 saturated carbocycles. The van der Waals surface area contributed by atoms with Crippen molar-refractivity contribution in [3.05, 3.63) is 47.5 Å². The van der Waals surface area contributed by atoms with Crippen molar-refractivity contribution in [3.63, 3.8) is 0 Å². The van der Waals surface area contributed by atoms with Gasteiger partial charge in [-0.15, -0.1) is 0 Å². The van der Waals surface area contributed by atoms with Crippen molar-refractivity contribution >= 4 is 23.7 Å². The highest BCUT2D eigenvalue weighted by molar-refractivity contribution is 5.92. The van der Waals surface area contributed by atoms with Crippen LogP contribution in [0, 0.1) is 16.7 Å². The molecule has 0 aromatic heterocycles. The summed E-state index contributed by atoms with van der Waals surface area (Å²) in [6, 6.07) is 8.03. The Morgan fingerprint density at radius 3 is 2.16 bits per heavy atom. The third-order valence-corrected chi connectivity index (χ3v) is 9.69. The van der Waals surface area contributed by atoms with Gasteiger partial charge in [0.2, 0.25) is 0 Å². The Kier molecular flexibility index (Phi) is 8.71. The number of carbonyl (C=O) groups excluding carboxylic acids is 4. The molecule has 9 atom stereocenters. The summed E-state index contributed by atoms with van der Waals surface area (Å²) < 4.78 is 23.2. The summed E-state index contributed by atoms with van der Waals surface area (Å²) in [6.07, 6.45) is -5.23. The van der Waals surface area contributed by atoms with Gasteiger partial charge in [-0.3, -0.25) is 14.4 Å². The average molecular weight is 603 g/mol. The van der Waals surface area contributed by atoms with Crippen LogP contribution in [0.15, 0.2) is 42.0 Å². The van der Waals surface area contributed by atoms with Crippen LogP contribution in [0.5, 0.6) is 0 Å². The summed E-state index contributed by atoms with van der Waals surface area (Å²) in [5.74, 6) is -4.41. The van der Waals surface area contributed by atoms with Crippen LogP contribution in [0.25, 0.3) is 0 Å². The number of benzene rings is 1. The first-order chi connectivity index (χ1) is 19.9. The van der Waals surface area contributed by atoms with Gasteiger partial charge in [0.1, 0.15) is 17.8 Å². The highest BCUT2D eigenvalue weighted by Gasteiger charge is 2.75. The third kappa shape index (κ3) is 5.41. The largest absolute Gasteiger partial charge is 0.455 e. The molecule has 0 amide bonds. The molecule has 3 aliphatic rings. The molecular weight excluding hydrogens is 560 g/mol. The molecule has 4 rings (SSSR count). The van der Waals surface area contributed by atoms with E-state index in [1.165, 1.54) is 32.9 Å². The molecule has 236 valence electrons. The first-order valence-corrected chi connectivity index (χ1v) is 14.5. The van der Waals surface area contributed by atoms with E-state index in [4.69, 9.17) is 18.9 Å². The third-order valence-electron chi connectivity index (χ3n) is 9.69. The zero-order valence-electron chi connectivity index (χ0n) is 25.7. The summed E-state index contributed by atoms with van der Waals surface area (Å²) >= 11 is 0. The number of ketones is 1. The Morgan fingerprint density at radius 1 is 1.00 bits per heavy atom. The molecular formula is C32H42O11. The van der Waals surface area contributed by atoms with E-state index in [-0.39, 0.29) is 25.0 Å². The second-order valence-corrected chi connectivity index (χ2v) is 12.9. The van der Waals surface area contributed by atoms with Crippen LogP contribution in [0.1, 0.15) is 71.7 Å². The highest BCUT2D eigenvalue weighted by atomic mass is 16.6. The van der Waals surface area contributed by atoms with E-state index in [0.717, 1.165) is 6.92 Å². The average Bonchev–Trinajstić information content (AvgIpc) is 2.91. The van der Waals surface area contributed by atoms with Gasteiger partial charge in [-0.2, -0.15) is 0 Å². The van der Waals surface area contributed by atoms with E-state index < -0.39 is 82.2 Å². The second-order valence-electron chi connectivity index (χ2n) is 12.9. The van der Waals surface area contributed by atoms with Gasteiger partial charge >= 0.3 is 17.9 Å². The fourth-order valence-corrected chi connectivity index (χ4v) is 7.33. The lowest BCUT2D eigenvalue weighted by atomic mass is 9.48. The zero-order chi connectivity index (χ0) is 32.1. The number of rotatable bonds is 8. The number of carbonyl (C=O) groups is 4. The number of esters is 3. The van der Waals surface area contributed by atoms with Crippen LogP contribution in [0.3, 0.4) is 0 Å². The van der Waals surface area contributed by atoms with E-state index in [1.54, 1.807) is 45.0 Å². The van der Waals surface area contributed by atoms with E-state index in [1.807, 2.05) is 0 Å². The van der Waals surface area contributed by atoms with E-state index in [9.17, 15) is 34.5 Å². The number of hydrogen-bond donors (Lipinski definition) is 3. The minimum atomic E-state index is -2.06. The van der Waals surface area contributed by atoms with Crippen molar-refractivity contribution in [3.8, 4) is 0 Å². The summed E-state index contributed by atoms with van der Waals surface area (Å²) in [5.41, 5.74) is -6.01. The molecule has 2 fully saturated rings. The van der Waals surface area contributed by atoms with Crippen LogP contribution in [0.4, 0.5) is 0 Å². The van der Waals surface area contributed by atoms with Gasteiger partial charge in [0.15, 0.2) is 17.5 Å². The van der Waals surface area contributed by atoms with Crippen molar-refractivity contribution in [1.29, 1.82) is 0 Å². The lowest BCUT2D eigenvalue weighted by Crippen LogP contribution is -2.80. The maximum absolute atomic E-state index is 14.3. The number of hydrogen-bond acceptors (Lipinski definition) is 11. The predicted octanol–water partition coefficient (Wildman–Crippen LogP) is 2.29. The standard InChI is InChI=1S/C32H42O11/c1-17-14-29(5,6)32(39,15-22(17)35)27(42-28(38)21-11-9-8-10-12-21)25-30(7,26(37)18(2)41-19(3)33)23(36)13-24-31(25,16-40-24)43-20(4)34/h8-12,14,18,22-25,27,35-36,39H,13,15-16H2,1-7H3/t18-,22?,23+,24-,25+,27+,30-,31+,32-/m1/s1. The topological polar surface area (TPSA) is 166 Å². The van der Waals surface area contributed by atoms with E-state index >= 15 is 0 Å². The van der Waals surface area contributed by atoms with Crippen LogP contribution < -0.4 is 0 Å². The SMILES string of the molecule is CC(=O)O[C@H](C)C(=O)[C@@]1(C)[C@H]([C@H](OC(=O)c2ccccc2)[C@]2(O)CC(O)C(C)=CC2(C)C)[C@]2(OC(C)=O)CO[C@@H]2C[C@@H]1O. The molecule has 1 heterocycles. The van der Waals surface area contributed by atoms with Gasteiger partial charge < -0.3 is 34.3 Å². The quantitative estimate of drug-likeness (QED) is 0.227. The van der Waals surface area contributed by atoms with Gasteiger partial charge in [-0.25, -0.2) is 4.79 Å². The maximum Gasteiger partial charge on any atom is 0.338 e. The van der Waals surface area contributed by atoms with Crippen molar-refractivity contribution in [2.24, 2.45) is 16.7 Å². The monoisotopic (exact) mass is 602 g/mol. The lowest BCUT2D eigenvalue weighted by Gasteiger charge is -2.65. The summed E-state index contributed by atoms with van der Waals surface area (Å²) in [4.78, 5) is 52.5. The number of Topliss-reactive ketones (excluding diaryl/α,β-unsaturated/α-hetero) is 1. The summed E-state index contributed by atoms with van der Waals surface area (Å²) in [5, 5.41) is 35.4. The molecule has 2 aliphatic carbocycles. The minimum absolute atomic E-state index is 0.123. The first-order valence-electron chi connectivity index (χ1n) is 14.5. The van der Waals surface area contributed by atoms with Gasteiger partial charge in [0, 0.05) is 32.1 Å². The number of ether oxygens (including phenoxy) is 4. The Morgan fingerprint density at radius 2 is 1.63 bits per heavy atom. The van der Waals surface area contributed by atoms with Crippen LogP contribution in [-0.4, -0.2) is 87.3 Å². The van der Waals surface area contributed by atoms with E-state index in [2.05, 4.69) is 0 Å². The minimum Gasteiger partial charge on any atom is -0.455 e. The van der Waals surface area contributed by atoms with Crippen molar-refractivity contribution in [2.45, 2.75) is 103 Å². The Hall–Kier alpha value is -3.12. The molecule has 43 heavy (non-hydrogen) atoms. The lowest BCUT2D eigenvalue weighted by molar-refractivity contribution is -0.343. The van der Waals surface area contributed by atoms with Gasteiger partial charge in [0.05, 0.1) is 35.7 Å². The fraction of sp³-hybridized carbons (Fsp3) is 0.625. The van der Waals surface area contributed by atoms with Gasteiger partial charge in [0.25, 0.3) is 0 Å². The smallest absolute Gasteiger partial charge is 0.338 e. The molecule has 0 bridgehead atoms. The molecule has 0 radical (unpaired) electrons. The summed E-state index contributed by atoms with van der Waals surface area (Å²) in [7, 11) is 0. The van der Waals surface area contributed by atoms with Crippen LogP contribution >= 0.6 is 0 Å². The first kappa shape index (κ1) is 32.8. The molecule has 0 spiro atoms. The molecule has 11 heteroatoms. The normalized spacial score (nSPS) is 36.1. The van der Waals surface area contributed by atoms with E-state index in [0.29, 0.717) is 5.57 Å². The molecule has 3 N–H and O–H groups in total. The highest BCUT2D eigenvalue weighted by Crippen LogP contribution is 2.60. The van der Waals surface area contributed by atoms with Crippen LogP contribution in [0.2, 0.25) is 0 Å². The Bertz CT molecular complexity index is 1310. The number of fused-ring (bicyclic) bond motifs is 1. The molecule has 1 aromatic carbocycles. The molecule has 1 saturated heterocycles. The molecule has 1 aliphatic heterocycles. The molecule has 1 aromatic rings. The van der Waals surface area contributed by atoms with Crippen LogP contribution in [-0.2, 0) is 33.3 Å². The molecule has 1 unspecified atom stereocenters. The maximum atomic E-state index is 14.3. The number of aliphatic hydroxyl groups excluding tert-OH is 2. The number of aliphatic hydroxyl groups is 3. The Balaban J connectivity index is 2.01. The zero-order valence-corrected chi connectivity index (χ0v) is 25.7. The van der Waals surface area contributed by atoms with Crippen molar-refractivity contribution < 1.29 is 53.4 Å². The fourth-order valence-electron chi connectivity index (χ4n) is 7.33.